The molecule has 2 aliphatic rings. The Balaban J connectivity index is 1.82. The van der Waals surface area contributed by atoms with Crippen molar-refractivity contribution in [3.8, 4) is 0 Å². The molecule has 0 bridgehead atoms. The maximum Gasteiger partial charge on any atom is 0.227 e. The highest BCUT2D eigenvalue weighted by molar-refractivity contribution is 7.91. The van der Waals surface area contributed by atoms with Gasteiger partial charge in [0.2, 0.25) is 12.4 Å². The quantitative estimate of drug-likeness (QED) is 0.681. The number of aryl methyl sites for hydroxylation is 1. The molecule has 0 aliphatic carbocycles. The molecule has 138 valence electrons. The lowest BCUT2D eigenvalue weighted by Crippen LogP contribution is -2.46. The number of nitrogens with zero attached hydrogens (tertiary/aromatic N) is 5. The summed E-state index contributed by atoms with van der Waals surface area (Å²) in [4.78, 5) is 26.0. The van der Waals surface area contributed by atoms with Gasteiger partial charge in [-0.1, -0.05) is 0 Å². The number of rotatable bonds is 5. The van der Waals surface area contributed by atoms with Gasteiger partial charge in [-0.3, -0.25) is 4.79 Å². The maximum absolute atomic E-state index is 11.8. The molecule has 8 nitrogen and oxygen atoms in total. The molecule has 1 unspecified atom stereocenters. The number of hydrogen-bond acceptors (Lipinski definition) is 7. The zero-order valence-corrected chi connectivity index (χ0v) is 15.6. The van der Waals surface area contributed by atoms with Crippen LogP contribution in [-0.4, -0.2) is 80.0 Å². The van der Waals surface area contributed by atoms with Gasteiger partial charge in [-0.15, -0.1) is 0 Å². The van der Waals surface area contributed by atoms with Crippen LogP contribution in [0.1, 0.15) is 19.0 Å². The van der Waals surface area contributed by atoms with E-state index in [1.807, 2.05) is 24.8 Å². The second-order valence-electron chi connectivity index (χ2n) is 6.64. The maximum atomic E-state index is 11.8. The first-order valence-corrected chi connectivity index (χ1v) is 10.5. The molecule has 2 saturated heterocycles. The van der Waals surface area contributed by atoms with Crippen molar-refractivity contribution in [3.05, 3.63) is 11.8 Å². The van der Waals surface area contributed by atoms with Crippen LogP contribution in [0.2, 0.25) is 0 Å². The van der Waals surface area contributed by atoms with E-state index in [1.165, 1.54) is 0 Å². The summed E-state index contributed by atoms with van der Waals surface area (Å²) in [5.41, 5.74) is 0.858. The van der Waals surface area contributed by atoms with Crippen LogP contribution in [0.3, 0.4) is 0 Å². The van der Waals surface area contributed by atoms with Gasteiger partial charge in [0.1, 0.15) is 5.82 Å². The fourth-order valence-corrected chi connectivity index (χ4v) is 5.20. The molecule has 2 aliphatic heterocycles. The van der Waals surface area contributed by atoms with Gasteiger partial charge in [0, 0.05) is 50.5 Å². The third kappa shape index (κ3) is 4.02. The highest BCUT2D eigenvalue weighted by atomic mass is 32.2. The summed E-state index contributed by atoms with van der Waals surface area (Å²) in [7, 11) is -2.95. The summed E-state index contributed by atoms with van der Waals surface area (Å²) in [5, 5.41) is 0. The normalized spacial score (nSPS) is 22.9. The lowest BCUT2D eigenvalue weighted by molar-refractivity contribution is -0.118. The van der Waals surface area contributed by atoms with Gasteiger partial charge >= 0.3 is 0 Å². The van der Waals surface area contributed by atoms with Crippen molar-refractivity contribution >= 4 is 28.0 Å². The summed E-state index contributed by atoms with van der Waals surface area (Å²) >= 11 is 0. The van der Waals surface area contributed by atoms with Gasteiger partial charge in [0.05, 0.1) is 11.5 Å². The molecule has 0 saturated carbocycles. The van der Waals surface area contributed by atoms with Crippen LogP contribution in [0.15, 0.2) is 6.07 Å². The Morgan fingerprint density at radius 1 is 1.28 bits per heavy atom. The predicted molar refractivity (Wildman–Crippen MR) is 96.7 cm³/mol. The van der Waals surface area contributed by atoms with E-state index in [-0.39, 0.29) is 17.5 Å². The fraction of sp³-hybridized carbons (Fsp3) is 0.688. The smallest absolute Gasteiger partial charge is 0.227 e. The van der Waals surface area contributed by atoms with Crippen LogP contribution in [0.25, 0.3) is 0 Å². The molecule has 0 radical (unpaired) electrons. The fourth-order valence-electron chi connectivity index (χ4n) is 3.47. The van der Waals surface area contributed by atoms with E-state index in [0.29, 0.717) is 32.0 Å². The van der Waals surface area contributed by atoms with Gasteiger partial charge < -0.3 is 14.7 Å². The van der Waals surface area contributed by atoms with E-state index in [2.05, 4.69) is 9.88 Å². The van der Waals surface area contributed by atoms with Crippen LogP contribution >= 0.6 is 0 Å². The first kappa shape index (κ1) is 17.9. The first-order chi connectivity index (χ1) is 11.9. The summed E-state index contributed by atoms with van der Waals surface area (Å²) in [6.07, 6.45) is 1.51. The minimum atomic E-state index is -2.95. The molecule has 25 heavy (non-hydrogen) atoms. The molecule has 1 aromatic rings. The number of amides is 1. The topological polar surface area (TPSA) is 86.7 Å². The van der Waals surface area contributed by atoms with Crippen LogP contribution in [0.5, 0.6) is 0 Å². The first-order valence-electron chi connectivity index (χ1n) is 8.69. The van der Waals surface area contributed by atoms with Crippen LogP contribution in [0.4, 0.5) is 11.8 Å². The molecule has 1 aromatic heterocycles. The SMILES string of the molecule is CCN(c1nc(C)cc(N2CCN(C=O)CC2)n1)C1CCS(=O)(=O)C1. The average molecular weight is 367 g/mol. The molecule has 1 amide bonds. The second-order valence-corrected chi connectivity index (χ2v) is 8.87. The minimum absolute atomic E-state index is 0.0587. The Kier molecular flexibility index (Phi) is 5.12. The molecule has 9 heteroatoms. The summed E-state index contributed by atoms with van der Waals surface area (Å²) in [5.74, 6) is 1.84. The van der Waals surface area contributed by atoms with Crippen molar-refractivity contribution in [1.82, 2.24) is 14.9 Å². The average Bonchev–Trinajstić information content (AvgIpc) is 2.95. The van der Waals surface area contributed by atoms with Gasteiger partial charge in [-0.05, 0) is 20.3 Å². The van der Waals surface area contributed by atoms with E-state index < -0.39 is 9.84 Å². The molecular formula is C16H25N5O3S. The lowest BCUT2D eigenvalue weighted by atomic mass is 10.2. The Morgan fingerprint density at radius 3 is 2.56 bits per heavy atom. The summed E-state index contributed by atoms with van der Waals surface area (Å²) in [6, 6.07) is 1.89. The van der Waals surface area contributed by atoms with E-state index in [9.17, 15) is 13.2 Å². The minimum Gasteiger partial charge on any atom is -0.353 e. The molecule has 3 rings (SSSR count). The van der Waals surface area contributed by atoms with Crippen molar-refractivity contribution in [1.29, 1.82) is 0 Å². The molecule has 0 aromatic carbocycles. The molecule has 1 atom stereocenters. The summed E-state index contributed by atoms with van der Waals surface area (Å²) < 4.78 is 23.6. The van der Waals surface area contributed by atoms with E-state index in [0.717, 1.165) is 31.0 Å². The van der Waals surface area contributed by atoms with Crippen molar-refractivity contribution < 1.29 is 13.2 Å². The van der Waals surface area contributed by atoms with Gasteiger partial charge in [0.15, 0.2) is 9.84 Å². The monoisotopic (exact) mass is 367 g/mol. The van der Waals surface area contributed by atoms with Gasteiger partial charge in [-0.2, -0.15) is 4.98 Å². The van der Waals surface area contributed by atoms with E-state index >= 15 is 0 Å². The van der Waals surface area contributed by atoms with Crippen molar-refractivity contribution in [2.24, 2.45) is 0 Å². The van der Waals surface area contributed by atoms with Crippen LogP contribution in [0, 0.1) is 6.92 Å². The number of sulfone groups is 1. The van der Waals surface area contributed by atoms with Crippen LogP contribution in [-0.2, 0) is 14.6 Å². The molecule has 0 spiro atoms. The van der Waals surface area contributed by atoms with Crippen LogP contribution < -0.4 is 9.80 Å². The van der Waals surface area contributed by atoms with Crippen molar-refractivity contribution in [2.75, 3.05) is 54.0 Å². The van der Waals surface area contributed by atoms with Gasteiger partial charge in [-0.25, -0.2) is 13.4 Å². The zero-order chi connectivity index (χ0) is 18.0. The number of piperazine rings is 1. The number of anilines is 2. The highest BCUT2D eigenvalue weighted by Gasteiger charge is 2.33. The van der Waals surface area contributed by atoms with Crippen molar-refractivity contribution in [2.45, 2.75) is 26.3 Å². The zero-order valence-electron chi connectivity index (χ0n) is 14.8. The second kappa shape index (κ2) is 7.15. The summed E-state index contributed by atoms with van der Waals surface area (Å²) in [6.45, 7) is 7.42. The lowest BCUT2D eigenvalue weighted by Gasteiger charge is -2.34. The Hall–Kier alpha value is -1.90. The predicted octanol–water partition coefficient (Wildman–Crippen LogP) is 0.0768. The Bertz CT molecular complexity index is 731. The number of hydrogen-bond donors (Lipinski definition) is 0. The highest BCUT2D eigenvalue weighted by Crippen LogP contribution is 2.24. The molecule has 0 N–H and O–H groups in total. The van der Waals surface area contributed by atoms with E-state index in [4.69, 9.17) is 4.98 Å². The molecule has 2 fully saturated rings. The molecule has 3 heterocycles. The third-order valence-corrected chi connectivity index (χ3v) is 6.61. The Labute approximate surface area is 148 Å². The number of aromatic nitrogens is 2. The number of carbonyl (C=O) groups is 1. The number of carbonyl (C=O) groups excluding carboxylic acids is 1. The standard InChI is InChI=1S/C16H25N5O3S/c1-3-21(14-4-9-25(23,24)11-14)16-17-13(2)10-15(18-16)20-7-5-19(12-22)6-8-20/h10,12,14H,3-9,11H2,1-2H3. The van der Waals surface area contributed by atoms with Crippen molar-refractivity contribution in [3.63, 3.8) is 0 Å². The Morgan fingerprint density at radius 2 is 2.00 bits per heavy atom. The van der Waals surface area contributed by atoms with Gasteiger partial charge in [0.25, 0.3) is 0 Å². The largest absolute Gasteiger partial charge is 0.353 e. The third-order valence-electron chi connectivity index (χ3n) is 4.86. The molecular weight excluding hydrogens is 342 g/mol. The van der Waals surface area contributed by atoms with E-state index in [1.54, 1.807) is 4.90 Å².